The molecule has 2 amide bonds. The minimum absolute atomic E-state index is 0.0245. The number of carbonyl (C=O) groups excluding carboxylic acids is 2. The number of hydrogen-bond acceptors (Lipinski definition) is 6. The molecule has 0 unspecified atom stereocenters. The van der Waals surface area contributed by atoms with Crippen LogP contribution in [-0.2, 0) is 21.3 Å². The largest absolute Gasteiger partial charge is 0.496 e. The van der Waals surface area contributed by atoms with Gasteiger partial charge in [-0.2, -0.15) is 0 Å². The third kappa shape index (κ3) is 6.06. The molecule has 1 aliphatic carbocycles. The number of nitrogens with one attached hydrogen (secondary N) is 2. The van der Waals surface area contributed by atoms with Crippen LogP contribution in [0.3, 0.4) is 0 Å². The molecule has 0 aliphatic heterocycles. The normalized spacial score (nSPS) is 13.8. The summed E-state index contributed by atoms with van der Waals surface area (Å²) in [4.78, 5) is 24.7. The number of methoxy groups -OCH3 is 1. The highest BCUT2D eigenvalue weighted by Crippen LogP contribution is 2.28. The number of anilines is 1. The number of carbonyl (C=O) groups is 2. The highest BCUT2D eigenvalue weighted by molar-refractivity contribution is 7.90. The van der Waals surface area contributed by atoms with Gasteiger partial charge in [0.2, 0.25) is 0 Å². The first-order valence-electron chi connectivity index (χ1n) is 12.7. The predicted molar refractivity (Wildman–Crippen MR) is 147 cm³/mol. The van der Waals surface area contributed by atoms with Crippen LogP contribution in [0, 0.1) is 0 Å². The summed E-state index contributed by atoms with van der Waals surface area (Å²) in [6, 6.07) is 20.2. The van der Waals surface area contributed by atoms with Crippen molar-refractivity contribution in [3.8, 4) is 5.75 Å². The van der Waals surface area contributed by atoms with E-state index in [1.807, 2.05) is 35.0 Å². The Bertz CT molecular complexity index is 1610. The average molecular weight is 548 g/mol. The van der Waals surface area contributed by atoms with Crippen LogP contribution in [0.2, 0.25) is 0 Å². The molecule has 1 aliphatic rings. The van der Waals surface area contributed by atoms with Crippen molar-refractivity contribution >= 4 is 38.6 Å². The highest BCUT2D eigenvalue weighted by Gasteiger charge is 2.21. The van der Waals surface area contributed by atoms with Gasteiger partial charge in [0.05, 0.1) is 24.1 Å². The Morgan fingerprint density at radius 2 is 1.74 bits per heavy atom. The van der Waals surface area contributed by atoms with Crippen LogP contribution in [0.25, 0.3) is 10.9 Å². The second-order valence-electron chi connectivity index (χ2n) is 9.43. The van der Waals surface area contributed by atoms with Crippen LogP contribution < -0.4 is 14.8 Å². The first-order chi connectivity index (χ1) is 18.8. The summed E-state index contributed by atoms with van der Waals surface area (Å²) in [7, 11) is -2.66. The highest BCUT2D eigenvalue weighted by atomic mass is 32.2. The Labute approximate surface area is 226 Å². The minimum Gasteiger partial charge on any atom is -0.496 e. The van der Waals surface area contributed by atoms with E-state index in [0.717, 1.165) is 42.1 Å². The number of amides is 2. The molecule has 3 aromatic carbocycles. The van der Waals surface area contributed by atoms with E-state index in [1.165, 1.54) is 31.4 Å². The average Bonchev–Trinajstić information content (AvgIpc) is 3.59. The van der Waals surface area contributed by atoms with Gasteiger partial charge in [0, 0.05) is 29.1 Å². The monoisotopic (exact) mass is 547 g/mol. The number of rotatable bonds is 8. The van der Waals surface area contributed by atoms with Crippen molar-refractivity contribution in [3.63, 3.8) is 0 Å². The van der Waals surface area contributed by atoms with Crippen LogP contribution >= 0.6 is 0 Å². The predicted octanol–water partition coefficient (Wildman–Crippen LogP) is 5.31. The van der Waals surface area contributed by atoms with Gasteiger partial charge in [0.15, 0.2) is 0 Å². The van der Waals surface area contributed by atoms with Gasteiger partial charge in [-0.3, -0.25) is 10.1 Å². The van der Waals surface area contributed by atoms with Crippen LogP contribution in [0.4, 0.5) is 10.5 Å². The zero-order chi connectivity index (χ0) is 27.4. The first kappa shape index (κ1) is 26.3. The topological polar surface area (TPSA) is 116 Å². The zero-order valence-electron chi connectivity index (χ0n) is 21.4. The third-order valence-electron chi connectivity index (χ3n) is 6.77. The fourth-order valence-electron chi connectivity index (χ4n) is 4.74. The lowest BCUT2D eigenvalue weighted by molar-refractivity contribution is 0.0981. The maximum atomic E-state index is 12.9. The molecule has 2 N–H and O–H groups in total. The minimum atomic E-state index is -4.12. The van der Waals surface area contributed by atoms with E-state index >= 15 is 0 Å². The summed E-state index contributed by atoms with van der Waals surface area (Å²) < 4.78 is 40.9. The quantitative estimate of drug-likeness (QED) is 0.309. The van der Waals surface area contributed by atoms with Crippen molar-refractivity contribution in [1.82, 2.24) is 9.29 Å². The second-order valence-corrected chi connectivity index (χ2v) is 11.1. The van der Waals surface area contributed by atoms with Gasteiger partial charge < -0.3 is 14.0 Å². The molecule has 1 saturated carbocycles. The molecule has 0 saturated heterocycles. The molecule has 5 rings (SSSR count). The number of nitrogens with zero attached hydrogens (tertiary/aromatic N) is 1. The van der Waals surface area contributed by atoms with Gasteiger partial charge in [0.25, 0.3) is 15.9 Å². The molecule has 0 spiro atoms. The number of sulfonamides is 1. The molecule has 10 heteroatoms. The molecule has 202 valence electrons. The van der Waals surface area contributed by atoms with Crippen molar-refractivity contribution in [3.05, 3.63) is 90.1 Å². The second kappa shape index (κ2) is 11.2. The Hall–Kier alpha value is -4.31. The van der Waals surface area contributed by atoms with E-state index in [-0.39, 0.29) is 16.6 Å². The lowest BCUT2D eigenvalue weighted by Crippen LogP contribution is -2.30. The smallest absolute Gasteiger partial charge is 0.411 e. The Morgan fingerprint density at radius 3 is 2.49 bits per heavy atom. The molecule has 1 fully saturated rings. The molecule has 4 aromatic rings. The molecule has 0 radical (unpaired) electrons. The SMILES string of the molecule is COc1cc(S(=O)(=O)NC(=O)c2ccccc2)ccc1Cn1ccc2ccc(NC(=O)OC3CCCC3)cc21. The van der Waals surface area contributed by atoms with Crippen molar-refractivity contribution in [1.29, 1.82) is 0 Å². The summed E-state index contributed by atoms with van der Waals surface area (Å²) in [6.07, 6.45) is 5.38. The standard InChI is InChI=1S/C29H29N3O6S/c1-37-27-18-25(39(35,36)31-28(33)21-7-3-2-4-8-21)14-12-22(27)19-32-16-15-20-11-13-23(17-26(20)32)30-29(34)38-24-9-5-6-10-24/h2-4,7-8,11-18,24H,5-6,9-10,19H2,1H3,(H,30,34)(H,31,33). The van der Waals surface area contributed by atoms with Gasteiger partial charge in [-0.1, -0.05) is 30.3 Å². The van der Waals surface area contributed by atoms with Crippen molar-refractivity contribution in [2.75, 3.05) is 12.4 Å². The number of fused-ring (bicyclic) bond motifs is 1. The molecule has 9 nitrogen and oxygen atoms in total. The maximum absolute atomic E-state index is 12.9. The Morgan fingerprint density at radius 1 is 0.974 bits per heavy atom. The van der Waals surface area contributed by atoms with E-state index < -0.39 is 22.0 Å². The van der Waals surface area contributed by atoms with Crippen molar-refractivity contribution in [2.24, 2.45) is 0 Å². The van der Waals surface area contributed by atoms with Crippen molar-refractivity contribution in [2.45, 2.75) is 43.2 Å². The van der Waals surface area contributed by atoms with Crippen LogP contribution in [0.1, 0.15) is 41.6 Å². The van der Waals surface area contributed by atoms with Crippen molar-refractivity contribution < 1.29 is 27.5 Å². The number of benzene rings is 3. The Balaban J connectivity index is 1.33. The van der Waals surface area contributed by atoms with Crippen LogP contribution in [0.15, 0.2) is 83.9 Å². The molecule has 0 atom stereocenters. The van der Waals surface area contributed by atoms with Gasteiger partial charge in [0.1, 0.15) is 11.9 Å². The van der Waals surface area contributed by atoms with Crippen LogP contribution in [-0.4, -0.2) is 38.2 Å². The number of aromatic nitrogens is 1. The molecular formula is C29H29N3O6S. The molecular weight excluding hydrogens is 518 g/mol. The third-order valence-corrected chi connectivity index (χ3v) is 8.10. The number of ether oxygens (including phenoxy) is 2. The molecule has 1 aromatic heterocycles. The molecule has 0 bridgehead atoms. The van der Waals surface area contributed by atoms with Gasteiger partial charge in [-0.15, -0.1) is 0 Å². The Kier molecular flexibility index (Phi) is 7.56. The van der Waals surface area contributed by atoms with E-state index in [4.69, 9.17) is 9.47 Å². The fourth-order valence-corrected chi connectivity index (χ4v) is 5.73. The molecule has 1 heterocycles. The lowest BCUT2D eigenvalue weighted by Gasteiger charge is -2.14. The lowest BCUT2D eigenvalue weighted by atomic mass is 10.2. The maximum Gasteiger partial charge on any atom is 0.411 e. The van der Waals surface area contributed by atoms with E-state index in [9.17, 15) is 18.0 Å². The summed E-state index contributed by atoms with van der Waals surface area (Å²) >= 11 is 0. The zero-order valence-corrected chi connectivity index (χ0v) is 22.2. The van der Waals surface area contributed by atoms with Gasteiger partial charge >= 0.3 is 6.09 Å². The van der Waals surface area contributed by atoms with E-state index in [1.54, 1.807) is 24.3 Å². The van der Waals surface area contributed by atoms with E-state index in [2.05, 4.69) is 10.0 Å². The van der Waals surface area contributed by atoms with Gasteiger partial charge in [-0.05, 0) is 67.5 Å². The summed E-state index contributed by atoms with van der Waals surface area (Å²) in [5, 5.41) is 3.79. The number of hydrogen-bond donors (Lipinski definition) is 2. The fraction of sp³-hybridized carbons (Fsp3) is 0.241. The summed E-state index contributed by atoms with van der Waals surface area (Å²) in [5.74, 6) is -0.352. The summed E-state index contributed by atoms with van der Waals surface area (Å²) in [5.41, 5.74) is 2.47. The van der Waals surface area contributed by atoms with Crippen LogP contribution in [0.5, 0.6) is 5.75 Å². The first-order valence-corrected chi connectivity index (χ1v) is 14.2. The molecule has 39 heavy (non-hydrogen) atoms. The van der Waals surface area contributed by atoms with Gasteiger partial charge in [-0.25, -0.2) is 17.9 Å². The summed E-state index contributed by atoms with van der Waals surface area (Å²) in [6.45, 7) is 0.388. The van der Waals surface area contributed by atoms with E-state index in [0.29, 0.717) is 18.0 Å².